The monoisotopic (exact) mass is 675 g/mol. The average Bonchev–Trinajstić information content (AvgIpc) is 3.52. The number of nitrogens with two attached hydrogens (primary N) is 1. The molecule has 1 aromatic heterocycles. The first-order valence-electron chi connectivity index (χ1n) is 16.1. The number of sulfone groups is 1. The number of rotatable bonds is 19. The third kappa shape index (κ3) is 11.8. The Morgan fingerprint density at radius 3 is 2.28 bits per heavy atom. The van der Waals surface area contributed by atoms with E-state index in [9.17, 15) is 31.9 Å². The van der Waals surface area contributed by atoms with E-state index in [1.807, 2.05) is 45.0 Å². The molecule has 0 radical (unpaired) electrons. The molecule has 3 rings (SSSR count). The summed E-state index contributed by atoms with van der Waals surface area (Å²) in [4.78, 5) is 35.5. The van der Waals surface area contributed by atoms with Gasteiger partial charge >= 0.3 is 0 Å². The number of H-pyrrole nitrogens is 1. The van der Waals surface area contributed by atoms with Gasteiger partial charge in [-0.25, -0.2) is 22.2 Å². The zero-order valence-corrected chi connectivity index (χ0v) is 28.1. The first-order valence-corrected chi connectivity index (χ1v) is 17.8. The van der Waals surface area contributed by atoms with Crippen molar-refractivity contribution in [1.82, 2.24) is 20.2 Å². The number of carbonyl (C=O) groups excluding carboxylic acids is 2. The molecule has 1 heterocycles. The number of amides is 2. The van der Waals surface area contributed by atoms with Crippen molar-refractivity contribution < 1.29 is 31.9 Å². The molecule has 3 aromatic rings. The van der Waals surface area contributed by atoms with Crippen LogP contribution in [-0.2, 0) is 45.2 Å². The van der Waals surface area contributed by atoms with Crippen molar-refractivity contribution in [1.29, 1.82) is 0 Å². The maximum Gasteiger partial charge on any atom is 0.246 e. The van der Waals surface area contributed by atoms with Gasteiger partial charge in [0.05, 0.1) is 29.9 Å². The van der Waals surface area contributed by atoms with E-state index in [0.717, 1.165) is 35.7 Å². The van der Waals surface area contributed by atoms with Gasteiger partial charge < -0.3 is 26.0 Å². The SMILES string of the molecule is CCCC(CCC)S(=O)(=O)CC(NC(=O)Cc1cnc[nH]1)C(=O)N(Cc1cccc(CC)c1)C[C@@H](O)[C@@H](N)Cc1cc(F)cc(F)c1. The van der Waals surface area contributed by atoms with E-state index in [4.69, 9.17) is 5.73 Å². The second kappa shape index (κ2) is 18.0. The van der Waals surface area contributed by atoms with E-state index in [1.165, 1.54) is 17.4 Å². The van der Waals surface area contributed by atoms with Crippen molar-refractivity contribution in [3.63, 3.8) is 0 Å². The lowest BCUT2D eigenvalue weighted by molar-refractivity contribution is -0.137. The minimum absolute atomic E-state index is 0.00857. The maximum absolute atomic E-state index is 14.3. The molecule has 0 aliphatic rings. The Labute approximate surface area is 276 Å². The number of benzene rings is 2. The fraction of sp³-hybridized carbons (Fsp3) is 0.500. The second-order valence-corrected chi connectivity index (χ2v) is 14.3. The number of carbonyl (C=O) groups is 2. The average molecular weight is 676 g/mol. The van der Waals surface area contributed by atoms with Gasteiger partial charge in [-0.3, -0.25) is 9.59 Å². The number of aryl methyl sites for hydroxylation is 1. The first kappa shape index (κ1) is 37.8. The molecule has 47 heavy (non-hydrogen) atoms. The molecule has 0 saturated carbocycles. The minimum Gasteiger partial charge on any atom is -0.390 e. The molecule has 0 saturated heterocycles. The molecule has 2 aromatic carbocycles. The van der Waals surface area contributed by atoms with Crippen LogP contribution < -0.4 is 11.1 Å². The van der Waals surface area contributed by atoms with E-state index >= 15 is 0 Å². The Morgan fingerprint density at radius 1 is 1.02 bits per heavy atom. The van der Waals surface area contributed by atoms with Crippen molar-refractivity contribution in [3.8, 4) is 0 Å². The fourth-order valence-corrected chi connectivity index (χ4v) is 7.76. The summed E-state index contributed by atoms with van der Waals surface area (Å²) in [6, 6.07) is 7.98. The quantitative estimate of drug-likeness (QED) is 0.151. The van der Waals surface area contributed by atoms with Gasteiger partial charge in [-0.15, -0.1) is 0 Å². The molecular weight excluding hydrogens is 628 g/mol. The number of nitrogens with zero attached hydrogens (tertiary/aromatic N) is 2. The summed E-state index contributed by atoms with van der Waals surface area (Å²) < 4.78 is 55.0. The molecule has 2 amide bonds. The lowest BCUT2D eigenvalue weighted by Gasteiger charge is -2.32. The molecular formula is C34H47F2N5O5S. The predicted molar refractivity (Wildman–Crippen MR) is 177 cm³/mol. The summed E-state index contributed by atoms with van der Waals surface area (Å²) in [5, 5.41) is 13.1. The zero-order chi connectivity index (χ0) is 34.6. The van der Waals surface area contributed by atoms with E-state index in [0.29, 0.717) is 31.4 Å². The summed E-state index contributed by atoms with van der Waals surface area (Å²) >= 11 is 0. The topological polar surface area (TPSA) is 158 Å². The zero-order valence-electron chi connectivity index (χ0n) is 27.3. The lowest BCUT2D eigenvalue weighted by Crippen LogP contribution is -2.55. The number of imidazole rings is 1. The number of halogens is 2. The van der Waals surface area contributed by atoms with Crippen LogP contribution in [0.1, 0.15) is 68.8 Å². The van der Waals surface area contributed by atoms with Gasteiger partial charge in [0, 0.05) is 37.1 Å². The Bertz CT molecular complexity index is 1530. The van der Waals surface area contributed by atoms with E-state index < -0.39 is 62.5 Å². The summed E-state index contributed by atoms with van der Waals surface area (Å²) in [5.74, 6) is -3.48. The van der Waals surface area contributed by atoms with Gasteiger partial charge in [0.15, 0.2) is 9.84 Å². The number of aliphatic hydroxyl groups excluding tert-OH is 1. The Morgan fingerprint density at radius 2 is 1.68 bits per heavy atom. The Balaban J connectivity index is 1.95. The van der Waals surface area contributed by atoms with Gasteiger partial charge in [-0.2, -0.15) is 0 Å². The molecule has 13 heteroatoms. The summed E-state index contributed by atoms with van der Waals surface area (Å²) in [6.07, 6.45) is 4.10. The highest BCUT2D eigenvalue weighted by atomic mass is 32.2. The lowest BCUT2D eigenvalue weighted by atomic mass is 10.0. The first-order chi connectivity index (χ1) is 22.3. The Hall–Kier alpha value is -3.68. The van der Waals surface area contributed by atoms with E-state index in [-0.39, 0.29) is 31.5 Å². The number of aliphatic hydroxyl groups is 1. The van der Waals surface area contributed by atoms with Gasteiger partial charge in [0.1, 0.15) is 17.7 Å². The van der Waals surface area contributed by atoms with Crippen LogP contribution in [0, 0.1) is 11.6 Å². The third-order valence-electron chi connectivity index (χ3n) is 8.05. The summed E-state index contributed by atoms with van der Waals surface area (Å²) in [7, 11) is -3.85. The number of hydrogen-bond acceptors (Lipinski definition) is 7. The molecule has 0 fully saturated rings. The van der Waals surface area contributed by atoms with Crippen LogP contribution in [0.15, 0.2) is 55.0 Å². The Kier molecular flexibility index (Phi) is 14.5. The van der Waals surface area contributed by atoms with Crippen molar-refractivity contribution >= 4 is 21.7 Å². The highest BCUT2D eigenvalue weighted by molar-refractivity contribution is 7.92. The molecule has 5 N–H and O–H groups in total. The van der Waals surface area contributed by atoms with Crippen LogP contribution in [0.3, 0.4) is 0 Å². The summed E-state index contributed by atoms with van der Waals surface area (Å²) in [6.45, 7) is 5.43. The smallest absolute Gasteiger partial charge is 0.246 e. The van der Waals surface area contributed by atoms with Gasteiger partial charge in [-0.1, -0.05) is 57.9 Å². The largest absolute Gasteiger partial charge is 0.390 e. The predicted octanol–water partition coefficient (Wildman–Crippen LogP) is 3.62. The normalized spacial score (nSPS) is 13.7. The van der Waals surface area contributed by atoms with Crippen molar-refractivity contribution in [3.05, 3.63) is 89.0 Å². The van der Waals surface area contributed by atoms with Crippen LogP contribution in [0.4, 0.5) is 8.78 Å². The van der Waals surface area contributed by atoms with Crippen LogP contribution in [0.5, 0.6) is 0 Å². The second-order valence-electron chi connectivity index (χ2n) is 12.0. The summed E-state index contributed by atoms with van der Waals surface area (Å²) in [5.41, 5.74) is 8.72. The van der Waals surface area contributed by atoms with Crippen molar-refractivity contribution in [2.45, 2.75) is 95.7 Å². The maximum atomic E-state index is 14.3. The fourth-order valence-electron chi connectivity index (χ4n) is 5.61. The van der Waals surface area contributed by atoms with E-state index in [2.05, 4.69) is 15.3 Å². The number of nitrogens with one attached hydrogen (secondary N) is 2. The molecule has 0 bridgehead atoms. The number of aromatic amines is 1. The van der Waals surface area contributed by atoms with Crippen molar-refractivity contribution in [2.75, 3.05) is 12.3 Å². The molecule has 10 nitrogen and oxygen atoms in total. The minimum atomic E-state index is -3.85. The van der Waals surface area contributed by atoms with Crippen LogP contribution in [0.2, 0.25) is 0 Å². The molecule has 0 aliphatic carbocycles. The van der Waals surface area contributed by atoms with Crippen molar-refractivity contribution in [2.24, 2.45) is 5.73 Å². The highest BCUT2D eigenvalue weighted by Crippen LogP contribution is 2.19. The molecule has 3 atom stereocenters. The standard InChI is InChI=1S/C34H47F2N5O5S/c1-4-8-29(9-5-2)47(45,46)21-31(40-33(43)17-28-18-38-22-39-28)34(44)41(19-24-11-7-10-23(6-3)12-24)20-32(42)30(37)15-25-13-26(35)16-27(36)14-25/h7,10-14,16,18,22,29-32,42H,4-6,8-9,15,17,19-21,37H2,1-3H3,(H,38,39)(H,40,43)/t30-,31?,32+/m0/s1. The van der Waals surface area contributed by atoms with E-state index in [1.54, 1.807) is 0 Å². The van der Waals surface area contributed by atoms with Gasteiger partial charge in [0.2, 0.25) is 11.8 Å². The molecule has 258 valence electrons. The molecule has 0 spiro atoms. The molecule has 1 unspecified atom stereocenters. The van der Waals surface area contributed by atoms with Crippen LogP contribution in [-0.4, -0.2) is 75.9 Å². The number of aromatic nitrogens is 2. The third-order valence-corrected chi connectivity index (χ3v) is 10.3. The highest BCUT2D eigenvalue weighted by Gasteiger charge is 2.35. The van der Waals surface area contributed by atoms with Crippen LogP contribution >= 0.6 is 0 Å². The number of hydrogen-bond donors (Lipinski definition) is 4. The van der Waals surface area contributed by atoms with Gasteiger partial charge in [-0.05, 0) is 54.5 Å². The van der Waals surface area contributed by atoms with Crippen LogP contribution in [0.25, 0.3) is 0 Å². The van der Waals surface area contributed by atoms with Gasteiger partial charge in [0.25, 0.3) is 0 Å². The molecule has 0 aliphatic heterocycles.